The molecule has 0 spiro atoms. The minimum Gasteiger partial charge on any atom is -0.486 e. The van der Waals surface area contributed by atoms with Crippen molar-refractivity contribution in [3.63, 3.8) is 0 Å². The van der Waals surface area contributed by atoms with Gasteiger partial charge in [0, 0.05) is 37.3 Å². The first-order valence-corrected chi connectivity index (χ1v) is 19.7. The van der Waals surface area contributed by atoms with Crippen LogP contribution in [0.25, 0.3) is 0 Å². The SMILES string of the molecule is CC1CCCCN1CC(COc1ccccc1OCc1ccco1)OC(=O)/C=C/C(=O)OC(COc1ccccc1OCc1ccco1)CN1CCCCC1C. The lowest BCUT2D eigenvalue weighted by atomic mass is 10.0. The molecule has 2 aliphatic rings. The molecule has 6 rings (SSSR count). The lowest BCUT2D eigenvalue weighted by Gasteiger charge is -2.35. The number of hydrogen-bond acceptors (Lipinski definition) is 12. The van der Waals surface area contributed by atoms with E-state index in [9.17, 15) is 9.59 Å². The molecule has 2 aromatic heterocycles. The van der Waals surface area contributed by atoms with Crippen LogP contribution in [0.3, 0.4) is 0 Å². The molecule has 0 N–H and O–H groups in total. The number of hydrogen-bond donors (Lipinski definition) is 0. The first-order valence-electron chi connectivity index (χ1n) is 19.7. The molecule has 2 saturated heterocycles. The van der Waals surface area contributed by atoms with Gasteiger partial charge in [0.25, 0.3) is 0 Å². The van der Waals surface area contributed by atoms with E-state index in [1.165, 1.54) is 12.8 Å². The van der Waals surface area contributed by atoms with Crippen LogP contribution in [0.2, 0.25) is 0 Å². The Morgan fingerprint density at radius 1 is 0.607 bits per heavy atom. The van der Waals surface area contributed by atoms with Crippen LogP contribution in [-0.2, 0) is 32.3 Å². The Morgan fingerprint density at radius 3 is 1.39 bits per heavy atom. The second-order valence-corrected chi connectivity index (χ2v) is 14.4. The summed E-state index contributed by atoms with van der Waals surface area (Å²) in [6, 6.07) is 22.7. The highest BCUT2D eigenvalue weighted by molar-refractivity contribution is 5.91. The lowest BCUT2D eigenvalue weighted by Crippen LogP contribution is -2.45. The Hall–Kier alpha value is -5.20. The predicted octanol–water partition coefficient (Wildman–Crippen LogP) is 7.62. The number of para-hydroxylation sites is 4. The van der Waals surface area contributed by atoms with Gasteiger partial charge in [-0.1, -0.05) is 37.1 Å². The molecule has 0 bridgehead atoms. The van der Waals surface area contributed by atoms with Crippen molar-refractivity contribution in [2.24, 2.45) is 0 Å². The van der Waals surface area contributed by atoms with E-state index >= 15 is 0 Å². The summed E-state index contributed by atoms with van der Waals surface area (Å²) in [7, 11) is 0. The molecular formula is C44H54N2O10. The average molecular weight is 771 g/mol. The fourth-order valence-electron chi connectivity index (χ4n) is 7.00. The van der Waals surface area contributed by atoms with Crippen LogP contribution in [0.1, 0.15) is 63.9 Å². The van der Waals surface area contributed by atoms with Crippen molar-refractivity contribution in [2.45, 2.75) is 89.9 Å². The summed E-state index contributed by atoms with van der Waals surface area (Å²) in [4.78, 5) is 31.1. The van der Waals surface area contributed by atoms with Crippen LogP contribution >= 0.6 is 0 Å². The summed E-state index contributed by atoms with van der Waals surface area (Å²) in [6.45, 7) is 7.82. The van der Waals surface area contributed by atoms with Crippen LogP contribution < -0.4 is 18.9 Å². The summed E-state index contributed by atoms with van der Waals surface area (Å²) in [5.41, 5.74) is 0. The summed E-state index contributed by atoms with van der Waals surface area (Å²) in [5, 5.41) is 0. The molecule has 0 amide bonds. The molecular weight excluding hydrogens is 716 g/mol. The zero-order valence-corrected chi connectivity index (χ0v) is 32.4. The summed E-state index contributed by atoms with van der Waals surface area (Å²) >= 11 is 0. The van der Waals surface area contributed by atoms with E-state index in [-0.39, 0.29) is 26.4 Å². The highest BCUT2D eigenvalue weighted by Crippen LogP contribution is 2.29. The van der Waals surface area contributed by atoms with Crippen LogP contribution in [0.5, 0.6) is 23.0 Å². The summed E-state index contributed by atoms with van der Waals surface area (Å²) < 4.78 is 47.0. The molecule has 0 aliphatic carbocycles. The minimum absolute atomic E-state index is 0.0918. The second-order valence-electron chi connectivity index (χ2n) is 14.4. The quantitative estimate of drug-likeness (QED) is 0.0649. The van der Waals surface area contributed by atoms with Crippen molar-refractivity contribution in [1.82, 2.24) is 9.80 Å². The van der Waals surface area contributed by atoms with Crippen LogP contribution in [-0.4, -0.2) is 85.4 Å². The van der Waals surface area contributed by atoms with Gasteiger partial charge in [0.2, 0.25) is 0 Å². The molecule has 4 aromatic rings. The van der Waals surface area contributed by atoms with Gasteiger partial charge < -0.3 is 37.3 Å². The number of likely N-dealkylation sites (tertiary alicyclic amines) is 2. The zero-order chi connectivity index (χ0) is 39.0. The largest absolute Gasteiger partial charge is 0.486 e. The summed E-state index contributed by atoms with van der Waals surface area (Å²) in [6.07, 6.45) is 10.8. The molecule has 56 heavy (non-hydrogen) atoms. The fourth-order valence-corrected chi connectivity index (χ4v) is 7.00. The van der Waals surface area contributed by atoms with E-state index in [2.05, 4.69) is 23.6 Å². The standard InChI is InChI=1S/C44H54N2O10/c1-33-13-7-9-23-45(33)27-37(31-53-41-19-5-3-17-39(41)51-29-35-15-11-25-49-35)55-43(47)21-22-44(48)56-38(28-46-24-10-8-14-34(46)2)32-54-42-20-6-4-18-40(42)52-30-36-16-12-26-50-36/h3-6,11-12,15-22,25-26,33-34,37-38H,7-10,13-14,23-24,27-32H2,1-2H3/b22-21+. The van der Waals surface area contributed by atoms with E-state index in [0.29, 0.717) is 59.7 Å². The highest BCUT2D eigenvalue weighted by Gasteiger charge is 2.27. The maximum absolute atomic E-state index is 13.3. The third-order valence-corrected chi connectivity index (χ3v) is 10.1. The number of nitrogens with zero attached hydrogens (tertiary/aromatic N) is 2. The van der Waals surface area contributed by atoms with Crippen LogP contribution in [0.4, 0.5) is 0 Å². The van der Waals surface area contributed by atoms with E-state index in [1.807, 2.05) is 60.7 Å². The van der Waals surface area contributed by atoms with Crippen molar-refractivity contribution in [3.05, 3.63) is 109 Å². The molecule has 300 valence electrons. The van der Waals surface area contributed by atoms with E-state index < -0.39 is 24.1 Å². The van der Waals surface area contributed by atoms with Gasteiger partial charge in [-0.15, -0.1) is 0 Å². The third kappa shape index (κ3) is 12.7. The topological polar surface area (TPSA) is 122 Å². The van der Waals surface area contributed by atoms with E-state index in [4.69, 9.17) is 37.3 Å². The van der Waals surface area contributed by atoms with Gasteiger partial charge >= 0.3 is 11.9 Å². The molecule has 4 atom stereocenters. The number of carbonyl (C=O) groups excluding carboxylic acids is 2. The van der Waals surface area contributed by atoms with Gasteiger partial charge in [-0.05, 0) is 101 Å². The van der Waals surface area contributed by atoms with Crippen molar-refractivity contribution >= 4 is 11.9 Å². The zero-order valence-electron chi connectivity index (χ0n) is 32.4. The second kappa shape index (κ2) is 21.2. The van der Waals surface area contributed by atoms with Gasteiger partial charge in [0.05, 0.1) is 12.5 Å². The third-order valence-electron chi connectivity index (χ3n) is 10.1. The number of esters is 2. The molecule has 4 unspecified atom stereocenters. The van der Waals surface area contributed by atoms with E-state index in [1.54, 1.807) is 24.7 Å². The molecule has 2 aliphatic heterocycles. The lowest BCUT2D eigenvalue weighted by molar-refractivity contribution is -0.148. The summed E-state index contributed by atoms with van der Waals surface area (Å²) in [5.74, 6) is 2.18. The number of piperidine rings is 2. The first kappa shape index (κ1) is 40.5. The molecule has 12 heteroatoms. The average Bonchev–Trinajstić information content (AvgIpc) is 3.94. The fraction of sp³-hybridized carbons (Fsp3) is 0.455. The van der Waals surface area contributed by atoms with Gasteiger partial charge in [-0.25, -0.2) is 9.59 Å². The van der Waals surface area contributed by atoms with Gasteiger partial charge in [-0.3, -0.25) is 9.80 Å². The monoisotopic (exact) mass is 770 g/mol. The molecule has 2 aromatic carbocycles. The predicted molar refractivity (Wildman–Crippen MR) is 209 cm³/mol. The molecule has 12 nitrogen and oxygen atoms in total. The smallest absolute Gasteiger partial charge is 0.331 e. The highest BCUT2D eigenvalue weighted by atomic mass is 16.6. The Kier molecular flexibility index (Phi) is 15.3. The Labute approximate surface area is 329 Å². The minimum atomic E-state index is -0.664. The van der Waals surface area contributed by atoms with Gasteiger partial charge in [-0.2, -0.15) is 0 Å². The molecule has 4 heterocycles. The van der Waals surface area contributed by atoms with Crippen molar-refractivity contribution in [3.8, 4) is 23.0 Å². The molecule has 2 fully saturated rings. The normalized spacial score (nSPS) is 18.9. The number of rotatable bonds is 20. The van der Waals surface area contributed by atoms with Crippen LogP contribution in [0, 0.1) is 0 Å². The number of ether oxygens (including phenoxy) is 6. The maximum Gasteiger partial charge on any atom is 0.331 e. The van der Waals surface area contributed by atoms with Crippen molar-refractivity contribution in [1.29, 1.82) is 0 Å². The molecule has 0 radical (unpaired) electrons. The van der Waals surface area contributed by atoms with E-state index in [0.717, 1.165) is 50.9 Å². The number of benzene rings is 2. The number of furan rings is 2. The van der Waals surface area contributed by atoms with Crippen molar-refractivity contribution < 1.29 is 46.8 Å². The van der Waals surface area contributed by atoms with Crippen LogP contribution in [0.15, 0.2) is 106 Å². The Morgan fingerprint density at radius 2 is 1.02 bits per heavy atom. The number of carbonyl (C=O) groups is 2. The van der Waals surface area contributed by atoms with Gasteiger partial charge in [0.1, 0.15) is 50.2 Å². The van der Waals surface area contributed by atoms with Crippen molar-refractivity contribution in [2.75, 3.05) is 39.4 Å². The maximum atomic E-state index is 13.3. The first-order chi connectivity index (χ1) is 27.4. The molecule has 0 saturated carbocycles. The Bertz CT molecular complexity index is 1660. The Balaban J connectivity index is 1.07. The van der Waals surface area contributed by atoms with Gasteiger partial charge in [0.15, 0.2) is 23.0 Å².